The SMILES string of the molecule is COc1cccc(F)c1C(=O)N1Cc2[nH]cnc2C(c2cccc(O)c2)C1. The van der Waals surface area contributed by atoms with Crippen LogP contribution in [0.4, 0.5) is 4.39 Å². The first-order chi connectivity index (χ1) is 13.1. The van der Waals surface area contributed by atoms with Crippen LogP contribution in [0.2, 0.25) is 0 Å². The van der Waals surface area contributed by atoms with Crippen molar-refractivity contribution >= 4 is 5.91 Å². The number of phenols is 1. The number of hydrogen-bond donors (Lipinski definition) is 2. The summed E-state index contributed by atoms with van der Waals surface area (Å²) in [6.07, 6.45) is 1.58. The van der Waals surface area contributed by atoms with Gasteiger partial charge in [0.05, 0.1) is 31.4 Å². The lowest BCUT2D eigenvalue weighted by Crippen LogP contribution is -2.39. The Labute approximate surface area is 155 Å². The Morgan fingerprint density at radius 1 is 1.33 bits per heavy atom. The number of hydrogen-bond acceptors (Lipinski definition) is 4. The number of phenolic OH excluding ortho intramolecular Hbond substituents is 1. The van der Waals surface area contributed by atoms with E-state index >= 15 is 0 Å². The zero-order chi connectivity index (χ0) is 19.0. The summed E-state index contributed by atoms with van der Waals surface area (Å²) in [4.78, 5) is 22.1. The molecule has 7 heteroatoms. The number of amides is 1. The molecule has 4 rings (SSSR count). The molecule has 138 valence electrons. The number of imidazole rings is 1. The van der Waals surface area contributed by atoms with Crippen LogP contribution in [-0.2, 0) is 6.54 Å². The average molecular weight is 367 g/mol. The highest BCUT2D eigenvalue weighted by molar-refractivity contribution is 5.97. The van der Waals surface area contributed by atoms with Crippen molar-refractivity contribution < 1.29 is 19.0 Å². The molecule has 2 heterocycles. The van der Waals surface area contributed by atoms with E-state index < -0.39 is 11.7 Å². The molecule has 1 unspecified atom stereocenters. The van der Waals surface area contributed by atoms with Crippen LogP contribution in [-0.4, -0.2) is 39.5 Å². The minimum Gasteiger partial charge on any atom is -0.508 e. The van der Waals surface area contributed by atoms with Gasteiger partial charge in [0.2, 0.25) is 0 Å². The van der Waals surface area contributed by atoms with Crippen LogP contribution in [0.25, 0.3) is 0 Å². The van der Waals surface area contributed by atoms with Crippen LogP contribution in [0, 0.1) is 5.82 Å². The first-order valence-electron chi connectivity index (χ1n) is 8.51. The highest BCUT2D eigenvalue weighted by Gasteiger charge is 2.33. The zero-order valence-corrected chi connectivity index (χ0v) is 14.6. The lowest BCUT2D eigenvalue weighted by Gasteiger charge is -2.32. The van der Waals surface area contributed by atoms with E-state index in [0.717, 1.165) is 17.0 Å². The van der Waals surface area contributed by atoms with Crippen LogP contribution < -0.4 is 4.74 Å². The molecule has 6 nitrogen and oxygen atoms in total. The summed E-state index contributed by atoms with van der Waals surface area (Å²) in [6.45, 7) is 0.610. The molecule has 0 fully saturated rings. The molecule has 0 saturated carbocycles. The van der Waals surface area contributed by atoms with Gasteiger partial charge in [-0.1, -0.05) is 18.2 Å². The summed E-state index contributed by atoms with van der Waals surface area (Å²) >= 11 is 0. The predicted molar refractivity (Wildman–Crippen MR) is 96.2 cm³/mol. The number of carbonyl (C=O) groups is 1. The van der Waals surface area contributed by atoms with Gasteiger partial charge in [0.25, 0.3) is 5.91 Å². The second-order valence-electron chi connectivity index (χ2n) is 6.42. The lowest BCUT2D eigenvalue weighted by atomic mass is 9.90. The monoisotopic (exact) mass is 367 g/mol. The Morgan fingerprint density at radius 2 is 2.15 bits per heavy atom. The Morgan fingerprint density at radius 3 is 2.93 bits per heavy atom. The van der Waals surface area contributed by atoms with Gasteiger partial charge in [0.1, 0.15) is 22.9 Å². The Hall–Kier alpha value is -3.35. The molecule has 1 aliphatic heterocycles. The van der Waals surface area contributed by atoms with E-state index in [2.05, 4.69) is 9.97 Å². The maximum atomic E-state index is 14.4. The molecule has 27 heavy (non-hydrogen) atoms. The highest BCUT2D eigenvalue weighted by atomic mass is 19.1. The van der Waals surface area contributed by atoms with E-state index in [9.17, 15) is 14.3 Å². The van der Waals surface area contributed by atoms with Crippen molar-refractivity contribution in [3.05, 3.63) is 77.1 Å². The van der Waals surface area contributed by atoms with Crippen molar-refractivity contribution in [2.75, 3.05) is 13.7 Å². The van der Waals surface area contributed by atoms with E-state index in [1.54, 1.807) is 35.5 Å². The molecule has 0 bridgehead atoms. The van der Waals surface area contributed by atoms with Gasteiger partial charge in [-0.2, -0.15) is 0 Å². The van der Waals surface area contributed by atoms with E-state index in [-0.39, 0.29) is 23.0 Å². The molecule has 1 aromatic heterocycles. The Kier molecular flexibility index (Phi) is 4.27. The molecule has 0 radical (unpaired) electrons. The summed E-state index contributed by atoms with van der Waals surface area (Å²) in [7, 11) is 1.41. The third-order valence-electron chi connectivity index (χ3n) is 4.80. The van der Waals surface area contributed by atoms with Gasteiger partial charge in [-0.05, 0) is 29.8 Å². The minimum atomic E-state index is -0.622. The minimum absolute atomic E-state index is 0.0855. The fraction of sp³-hybridized carbons (Fsp3) is 0.200. The van der Waals surface area contributed by atoms with E-state index in [1.165, 1.54) is 19.2 Å². The van der Waals surface area contributed by atoms with Crippen molar-refractivity contribution in [1.82, 2.24) is 14.9 Å². The van der Waals surface area contributed by atoms with Crippen LogP contribution >= 0.6 is 0 Å². The molecule has 3 aromatic rings. The van der Waals surface area contributed by atoms with Crippen LogP contribution in [0.3, 0.4) is 0 Å². The van der Waals surface area contributed by atoms with Gasteiger partial charge in [-0.25, -0.2) is 9.37 Å². The maximum Gasteiger partial charge on any atom is 0.261 e. The summed E-state index contributed by atoms with van der Waals surface area (Å²) < 4.78 is 19.5. The average Bonchev–Trinajstić information content (AvgIpc) is 3.15. The third kappa shape index (κ3) is 3.01. The van der Waals surface area contributed by atoms with E-state index in [1.807, 2.05) is 6.07 Å². The highest BCUT2D eigenvalue weighted by Crippen LogP contribution is 2.34. The topological polar surface area (TPSA) is 78.5 Å². The molecule has 1 atom stereocenters. The number of rotatable bonds is 3. The molecule has 1 amide bonds. The third-order valence-corrected chi connectivity index (χ3v) is 4.80. The van der Waals surface area contributed by atoms with Gasteiger partial charge in [-0.15, -0.1) is 0 Å². The summed E-state index contributed by atoms with van der Waals surface area (Å²) in [5.74, 6) is -0.957. The molecule has 2 N–H and O–H groups in total. The summed E-state index contributed by atoms with van der Waals surface area (Å²) in [5.41, 5.74) is 2.36. The van der Waals surface area contributed by atoms with Gasteiger partial charge in [0.15, 0.2) is 0 Å². The number of aromatic nitrogens is 2. The number of benzene rings is 2. The fourth-order valence-corrected chi connectivity index (χ4v) is 3.52. The van der Waals surface area contributed by atoms with Crippen molar-refractivity contribution in [1.29, 1.82) is 0 Å². The number of nitrogens with one attached hydrogen (secondary N) is 1. The van der Waals surface area contributed by atoms with Crippen LogP contribution in [0.1, 0.15) is 33.2 Å². The number of H-pyrrole nitrogens is 1. The molecule has 1 aliphatic rings. The van der Waals surface area contributed by atoms with E-state index in [0.29, 0.717) is 13.1 Å². The predicted octanol–water partition coefficient (Wildman–Crippen LogP) is 3.05. The smallest absolute Gasteiger partial charge is 0.261 e. The fourth-order valence-electron chi connectivity index (χ4n) is 3.52. The summed E-state index contributed by atoms with van der Waals surface area (Å²) in [6, 6.07) is 11.2. The van der Waals surface area contributed by atoms with Crippen molar-refractivity contribution in [2.24, 2.45) is 0 Å². The van der Waals surface area contributed by atoms with Crippen molar-refractivity contribution in [3.63, 3.8) is 0 Å². The largest absolute Gasteiger partial charge is 0.508 e. The molecular weight excluding hydrogens is 349 g/mol. The number of fused-ring (bicyclic) bond motifs is 1. The summed E-state index contributed by atoms with van der Waals surface area (Å²) in [5, 5.41) is 9.83. The van der Waals surface area contributed by atoms with Crippen molar-refractivity contribution in [2.45, 2.75) is 12.5 Å². The number of ether oxygens (including phenoxy) is 1. The second kappa shape index (κ2) is 6.75. The number of methoxy groups -OCH3 is 1. The molecule has 2 aromatic carbocycles. The number of aromatic hydroxyl groups is 1. The Bertz CT molecular complexity index is 1000. The quantitative estimate of drug-likeness (QED) is 0.746. The zero-order valence-electron chi connectivity index (χ0n) is 14.6. The van der Waals surface area contributed by atoms with E-state index in [4.69, 9.17) is 4.74 Å². The van der Waals surface area contributed by atoms with Gasteiger partial charge in [-0.3, -0.25) is 4.79 Å². The molecule has 0 saturated heterocycles. The first-order valence-corrected chi connectivity index (χ1v) is 8.51. The molecule has 0 spiro atoms. The number of nitrogens with zero attached hydrogens (tertiary/aromatic N) is 2. The lowest BCUT2D eigenvalue weighted by molar-refractivity contribution is 0.0713. The second-order valence-corrected chi connectivity index (χ2v) is 6.42. The van der Waals surface area contributed by atoms with Gasteiger partial charge in [0, 0.05) is 12.5 Å². The van der Waals surface area contributed by atoms with Gasteiger partial charge >= 0.3 is 0 Å². The Balaban J connectivity index is 1.73. The standard InChI is InChI=1S/C20H18FN3O3/c1-27-17-7-3-6-15(21)18(17)20(26)24-9-14(12-4-2-5-13(25)8-12)19-16(10-24)22-11-23-19/h2-8,11,14,25H,9-10H2,1H3,(H,22,23). The van der Waals surface area contributed by atoms with Gasteiger partial charge < -0.3 is 19.7 Å². The normalized spacial score (nSPS) is 16.1. The molecule has 0 aliphatic carbocycles. The number of carbonyl (C=O) groups excluding carboxylic acids is 1. The van der Waals surface area contributed by atoms with Crippen LogP contribution in [0.15, 0.2) is 48.8 Å². The number of aromatic amines is 1. The number of halogens is 1. The molecular formula is C20H18FN3O3. The first kappa shape index (κ1) is 17.1. The van der Waals surface area contributed by atoms with Crippen LogP contribution in [0.5, 0.6) is 11.5 Å². The maximum absolute atomic E-state index is 14.4. The van der Waals surface area contributed by atoms with Crippen molar-refractivity contribution in [3.8, 4) is 11.5 Å².